The van der Waals surface area contributed by atoms with Crippen molar-refractivity contribution in [3.8, 4) is 5.75 Å². The molecule has 4 heteroatoms. The van der Waals surface area contributed by atoms with Gasteiger partial charge in [-0.3, -0.25) is 9.05 Å². The lowest BCUT2D eigenvalue weighted by Crippen LogP contribution is -2.00. The minimum Gasteiger partial charge on any atom is -0.427 e. The van der Waals surface area contributed by atoms with E-state index in [9.17, 15) is 0 Å². The molecule has 1 aromatic carbocycles. The molecule has 1 aliphatic rings. The van der Waals surface area contributed by atoms with Crippen LogP contribution in [-0.2, 0) is 9.05 Å². The van der Waals surface area contributed by atoms with Gasteiger partial charge in [0.25, 0.3) is 0 Å². The van der Waals surface area contributed by atoms with E-state index in [-0.39, 0.29) is 6.10 Å². The molecule has 2 rings (SSSR count). The van der Waals surface area contributed by atoms with Crippen molar-refractivity contribution >= 4 is 8.60 Å². The zero-order valence-electron chi connectivity index (χ0n) is 7.34. The summed E-state index contributed by atoms with van der Waals surface area (Å²) in [5, 5.41) is 0. The molecule has 0 N–H and O–H groups in total. The third-order valence-electron chi connectivity index (χ3n) is 1.60. The second kappa shape index (κ2) is 4.05. The second-order valence-corrected chi connectivity index (χ2v) is 3.94. The topological polar surface area (TPSA) is 27.7 Å². The number of benzene rings is 1. The SMILES string of the molecule is C[C@@H]1COP(Oc2ccccc2)O1. The Balaban J connectivity index is 1.92. The number of hydrogen-bond acceptors (Lipinski definition) is 3. The summed E-state index contributed by atoms with van der Waals surface area (Å²) in [7, 11) is -1.16. The molecule has 70 valence electrons. The van der Waals surface area contributed by atoms with Gasteiger partial charge in [-0.25, -0.2) is 0 Å². The van der Waals surface area contributed by atoms with Crippen molar-refractivity contribution in [3.63, 3.8) is 0 Å². The Labute approximate surface area is 78.6 Å². The van der Waals surface area contributed by atoms with Gasteiger partial charge in [0.2, 0.25) is 0 Å². The molecule has 3 nitrogen and oxygen atoms in total. The van der Waals surface area contributed by atoms with Crippen LogP contribution >= 0.6 is 8.60 Å². The first kappa shape index (κ1) is 8.95. The van der Waals surface area contributed by atoms with E-state index in [0.29, 0.717) is 6.61 Å². The van der Waals surface area contributed by atoms with Crippen LogP contribution < -0.4 is 4.52 Å². The van der Waals surface area contributed by atoms with Crippen molar-refractivity contribution in [2.45, 2.75) is 13.0 Å². The molecule has 1 fully saturated rings. The van der Waals surface area contributed by atoms with Crippen LogP contribution in [0.5, 0.6) is 5.75 Å². The molecule has 0 bridgehead atoms. The predicted octanol–water partition coefficient (Wildman–Crippen LogP) is 2.73. The van der Waals surface area contributed by atoms with Crippen LogP contribution in [0.1, 0.15) is 6.92 Å². The lowest BCUT2D eigenvalue weighted by molar-refractivity contribution is 0.257. The predicted molar refractivity (Wildman–Crippen MR) is 50.5 cm³/mol. The van der Waals surface area contributed by atoms with Crippen LogP contribution in [0.2, 0.25) is 0 Å². The normalized spacial score (nSPS) is 27.5. The highest BCUT2D eigenvalue weighted by Gasteiger charge is 2.26. The fraction of sp³-hybridized carbons (Fsp3) is 0.333. The molecule has 0 spiro atoms. The lowest BCUT2D eigenvalue weighted by atomic mass is 10.3. The van der Waals surface area contributed by atoms with Crippen molar-refractivity contribution in [2.75, 3.05) is 6.61 Å². The van der Waals surface area contributed by atoms with Crippen molar-refractivity contribution < 1.29 is 13.6 Å². The Morgan fingerprint density at radius 2 is 2.15 bits per heavy atom. The Morgan fingerprint density at radius 3 is 2.77 bits per heavy atom. The molecule has 1 aliphatic heterocycles. The largest absolute Gasteiger partial charge is 0.427 e. The van der Waals surface area contributed by atoms with E-state index in [1.54, 1.807) is 0 Å². The molecule has 0 aliphatic carbocycles. The maximum Gasteiger partial charge on any atom is 0.397 e. The molecule has 0 amide bonds. The summed E-state index contributed by atoms with van der Waals surface area (Å²) in [6, 6.07) is 9.56. The average Bonchev–Trinajstić information content (AvgIpc) is 2.53. The third-order valence-corrected chi connectivity index (χ3v) is 2.86. The molecular weight excluding hydrogens is 187 g/mol. The minimum atomic E-state index is -1.16. The molecule has 0 aromatic heterocycles. The van der Waals surface area contributed by atoms with Gasteiger partial charge in [-0.1, -0.05) is 18.2 Å². The maximum absolute atomic E-state index is 5.47. The van der Waals surface area contributed by atoms with E-state index in [4.69, 9.17) is 13.6 Å². The summed E-state index contributed by atoms with van der Waals surface area (Å²) >= 11 is 0. The standard InChI is InChI=1S/C9H11O3P/c1-8-7-10-13(11-8)12-9-5-3-2-4-6-9/h2-6,8H,7H2,1H3/t8-,13?/m1/s1. The van der Waals surface area contributed by atoms with E-state index in [0.717, 1.165) is 5.75 Å². The van der Waals surface area contributed by atoms with Crippen LogP contribution in [0.15, 0.2) is 30.3 Å². The van der Waals surface area contributed by atoms with Gasteiger partial charge in [-0.2, -0.15) is 0 Å². The summed E-state index contributed by atoms with van der Waals surface area (Å²) in [5.41, 5.74) is 0. The van der Waals surface area contributed by atoms with E-state index in [1.807, 2.05) is 37.3 Å². The Morgan fingerprint density at radius 1 is 1.38 bits per heavy atom. The minimum absolute atomic E-state index is 0.148. The molecular formula is C9H11O3P. The molecule has 1 aromatic rings. The van der Waals surface area contributed by atoms with Crippen molar-refractivity contribution in [2.24, 2.45) is 0 Å². The Kier molecular flexibility index (Phi) is 2.79. The molecule has 2 atom stereocenters. The highest BCUT2D eigenvalue weighted by atomic mass is 31.2. The van der Waals surface area contributed by atoms with Crippen LogP contribution in [0.3, 0.4) is 0 Å². The first-order valence-electron chi connectivity index (χ1n) is 4.17. The molecule has 1 saturated heterocycles. The fourth-order valence-corrected chi connectivity index (χ4v) is 2.13. The number of rotatable bonds is 2. The summed E-state index contributed by atoms with van der Waals surface area (Å²) < 4.78 is 16.1. The van der Waals surface area contributed by atoms with Crippen molar-refractivity contribution in [1.82, 2.24) is 0 Å². The molecule has 0 radical (unpaired) electrons. The van der Waals surface area contributed by atoms with E-state index < -0.39 is 8.60 Å². The summed E-state index contributed by atoms with van der Waals surface area (Å²) in [6.07, 6.45) is 0.148. The van der Waals surface area contributed by atoms with Gasteiger partial charge >= 0.3 is 8.60 Å². The lowest BCUT2D eigenvalue weighted by Gasteiger charge is -2.08. The van der Waals surface area contributed by atoms with E-state index >= 15 is 0 Å². The quantitative estimate of drug-likeness (QED) is 0.684. The highest BCUT2D eigenvalue weighted by Crippen LogP contribution is 2.46. The van der Waals surface area contributed by atoms with E-state index in [2.05, 4.69) is 0 Å². The first-order valence-corrected chi connectivity index (χ1v) is 5.27. The average molecular weight is 198 g/mol. The molecule has 1 unspecified atom stereocenters. The third kappa shape index (κ3) is 2.41. The van der Waals surface area contributed by atoms with Crippen LogP contribution in [0.25, 0.3) is 0 Å². The van der Waals surface area contributed by atoms with Gasteiger partial charge < -0.3 is 4.52 Å². The van der Waals surface area contributed by atoms with Crippen LogP contribution in [0.4, 0.5) is 0 Å². The second-order valence-electron chi connectivity index (χ2n) is 2.84. The van der Waals surface area contributed by atoms with Crippen LogP contribution in [-0.4, -0.2) is 12.7 Å². The Bertz CT molecular complexity index is 265. The van der Waals surface area contributed by atoms with Gasteiger partial charge in [0, 0.05) is 0 Å². The van der Waals surface area contributed by atoms with Gasteiger partial charge in [-0.05, 0) is 19.1 Å². The number of para-hydroxylation sites is 1. The first-order chi connectivity index (χ1) is 6.34. The van der Waals surface area contributed by atoms with Crippen molar-refractivity contribution in [3.05, 3.63) is 30.3 Å². The van der Waals surface area contributed by atoms with Gasteiger partial charge in [0.1, 0.15) is 5.75 Å². The molecule has 1 heterocycles. The summed E-state index contributed by atoms with van der Waals surface area (Å²) in [6.45, 7) is 2.59. The Hall–Kier alpha value is -0.630. The fourth-order valence-electron chi connectivity index (χ4n) is 0.989. The van der Waals surface area contributed by atoms with Gasteiger partial charge in [0.05, 0.1) is 12.7 Å². The summed E-state index contributed by atoms with van der Waals surface area (Å²) in [4.78, 5) is 0. The molecule has 13 heavy (non-hydrogen) atoms. The maximum atomic E-state index is 5.47. The van der Waals surface area contributed by atoms with Crippen molar-refractivity contribution in [1.29, 1.82) is 0 Å². The van der Waals surface area contributed by atoms with E-state index in [1.165, 1.54) is 0 Å². The van der Waals surface area contributed by atoms with Gasteiger partial charge in [0.15, 0.2) is 0 Å². The monoisotopic (exact) mass is 198 g/mol. The van der Waals surface area contributed by atoms with Crippen LogP contribution in [0, 0.1) is 0 Å². The number of hydrogen-bond donors (Lipinski definition) is 0. The molecule has 0 saturated carbocycles. The smallest absolute Gasteiger partial charge is 0.397 e. The zero-order chi connectivity index (χ0) is 9.10. The summed E-state index contributed by atoms with van der Waals surface area (Å²) in [5.74, 6) is 0.794. The highest BCUT2D eigenvalue weighted by molar-refractivity contribution is 7.42. The van der Waals surface area contributed by atoms with Gasteiger partial charge in [-0.15, -0.1) is 0 Å². The zero-order valence-corrected chi connectivity index (χ0v) is 8.24.